The van der Waals surface area contributed by atoms with E-state index in [0.29, 0.717) is 27.9 Å². The molecule has 0 saturated heterocycles. The zero-order chi connectivity index (χ0) is 19.7. The van der Waals surface area contributed by atoms with Gasteiger partial charge in [-0.2, -0.15) is 5.10 Å². The average molecular weight is 412 g/mol. The highest BCUT2D eigenvalue weighted by atomic mass is 35.5. The Morgan fingerprint density at radius 1 is 1.21 bits per heavy atom. The highest BCUT2D eigenvalue weighted by Gasteiger charge is 2.18. The zero-order valence-electron chi connectivity index (χ0n) is 15.4. The van der Waals surface area contributed by atoms with Crippen molar-refractivity contribution in [2.75, 3.05) is 11.9 Å². The topological polar surface area (TPSA) is 56.1 Å². The van der Waals surface area contributed by atoms with Gasteiger partial charge in [-0.05, 0) is 37.3 Å². The number of anilines is 1. The molecule has 5 nitrogen and oxygen atoms in total. The van der Waals surface area contributed by atoms with Crippen LogP contribution in [0.4, 0.5) is 5.69 Å². The Balaban J connectivity index is 1.68. The number of para-hydroxylation sites is 2. The van der Waals surface area contributed by atoms with E-state index in [-0.39, 0.29) is 5.91 Å². The molecular weight excluding hydrogens is 394 g/mol. The normalized spacial score (nSPS) is 11.0. The molecular formula is C21H18ClN3O2S. The molecule has 1 N–H and O–H groups in total. The van der Waals surface area contributed by atoms with Crippen LogP contribution in [-0.2, 0) is 7.05 Å². The number of rotatable bonds is 5. The number of ether oxygens (including phenoxy) is 1. The Morgan fingerprint density at radius 2 is 1.96 bits per heavy atom. The maximum Gasteiger partial charge on any atom is 0.265 e. The predicted octanol–water partition coefficient (Wildman–Crippen LogP) is 5.61. The van der Waals surface area contributed by atoms with Gasteiger partial charge in [-0.15, -0.1) is 11.3 Å². The highest BCUT2D eigenvalue weighted by molar-refractivity contribution is 7.20. The van der Waals surface area contributed by atoms with E-state index in [1.54, 1.807) is 4.68 Å². The summed E-state index contributed by atoms with van der Waals surface area (Å²) in [5, 5.41) is 9.17. The molecule has 28 heavy (non-hydrogen) atoms. The molecule has 2 heterocycles. The molecule has 7 heteroatoms. The first-order valence-electron chi connectivity index (χ1n) is 8.82. The van der Waals surface area contributed by atoms with Crippen LogP contribution in [0.3, 0.4) is 0 Å². The van der Waals surface area contributed by atoms with Crippen LogP contribution < -0.4 is 10.1 Å². The molecule has 0 aliphatic heterocycles. The van der Waals surface area contributed by atoms with Gasteiger partial charge in [0.15, 0.2) is 0 Å². The van der Waals surface area contributed by atoms with E-state index in [0.717, 1.165) is 21.5 Å². The van der Waals surface area contributed by atoms with Gasteiger partial charge in [-0.25, -0.2) is 0 Å². The van der Waals surface area contributed by atoms with Gasteiger partial charge in [0, 0.05) is 23.0 Å². The van der Waals surface area contributed by atoms with Gasteiger partial charge in [0.2, 0.25) is 0 Å². The Bertz CT molecular complexity index is 1150. The summed E-state index contributed by atoms with van der Waals surface area (Å²) in [5.41, 5.74) is 2.45. The second kappa shape index (κ2) is 7.66. The molecule has 0 bridgehead atoms. The molecule has 4 aromatic rings. The summed E-state index contributed by atoms with van der Waals surface area (Å²) in [7, 11) is 1.88. The summed E-state index contributed by atoms with van der Waals surface area (Å²) >= 11 is 7.40. The van der Waals surface area contributed by atoms with Gasteiger partial charge in [-0.1, -0.05) is 35.9 Å². The van der Waals surface area contributed by atoms with Crippen molar-refractivity contribution in [2.24, 2.45) is 7.05 Å². The van der Waals surface area contributed by atoms with Crippen LogP contribution in [-0.4, -0.2) is 22.3 Å². The number of carbonyl (C=O) groups excluding carboxylic acids is 1. The van der Waals surface area contributed by atoms with Crippen LogP contribution in [0.2, 0.25) is 5.02 Å². The van der Waals surface area contributed by atoms with Gasteiger partial charge in [0.1, 0.15) is 16.3 Å². The first-order chi connectivity index (χ1) is 13.6. The van der Waals surface area contributed by atoms with Crippen LogP contribution in [0.25, 0.3) is 21.5 Å². The van der Waals surface area contributed by atoms with E-state index in [9.17, 15) is 4.79 Å². The molecule has 1 amide bonds. The third-order valence-electron chi connectivity index (χ3n) is 4.29. The summed E-state index contributed by atoms with van der Waals surface area (Å²) in [5.74, 6) is 0.485. The summed E-state index contributed by atoms with van der Waals surface area (Å²) in [6.07, 6.45) is 0. The predicted molar refractivity (Wildman–Crippen MR) is 115 cm³/mol. The highest BCUT2D eigenvalue weighted by Crippen LogP contribution is 2.35. The molecule has 0 spiro atoms. The van der Waals surface area contributed by atoms with Gasteiger partial charge >= 0.3 is 0 Å². The summed E-state index contributed by atoms with van der Waals surface area (Å²) in [4.78, 5) is 14.4. The Labute approximate surface area is 171 Å². The Kier molecular flexibility index (Phi) is 5.07. The van der Waals surface area contributed by atoms with Gasteiger partial charge in [0.25, 0.3) is 5.91 Å². The lowest BCUT2D eigenvalue weighted by molar-refractivity contribution is 0.103. The standard InChI is InChI=1S/C21H18ClN3O2S/c1-3-27-17-7-5-4-6-16(17)23-20(26)18-12-15-19(24-25(2)21(15)28-18)13-8-10-14(22)11-9-13/h4-12H,3H2,1-2H3,(H,23,26). The average Bonchev–Trinajstić information content (AvgIpc) is 3.25. The molecule has 0 fully saturated rings. The largest absolute Gasteiger partial charge is 0.492 e. The number of nitrogens with zero attached hydrogens (tertiary/aromatic N) is 2. The van der Waals surface area contributed by atoms with E-state index in [2.05, 4.69) is 10.4 Å². The van der Waals surface area contributed by atoms with Crippen LogP contribution in [0.15, 0.2) is 54.6 Å². The summed E-state index contributed by atoms with van der Waals surface area (Å²) in [6.45, 7) is 2.45. The molecule has 0 aliphatic carbocycles. The second-order valence-corrected chi connectivity index (χ2v) is 7.66. The van der Waals surface area contributed by atoms with Crippen LogP contribution in [0.1, 0.15) is 16.6 Å². The number of halogens is 1. The quantitative estimate of drug-likeness (QED) is 0.464. The summed E-state index contributed by atoms with van der Waals surface area (Å²) in [6, 6.07) is 16.8. The van der Waals surface area contributed by atoms with Crippen molar-refractivity contribution in [3.8, 4) is 17.0 Å². The van der Waals surface area contributed by atoms with E-state index in [4.69, 9.17) is 16.3 Å². The van der Waals surface area contributed by atoms with Crippen LogP contribution in [0.5, 0.6) is 5.75 Å². The molecule has 2 aromatic carbocycles. The molecule has 0 unspecified atom stereocenters. The van der Waals surface area contributed by atoms with Crippen molar-refractivity contribution in [3.63, 3.8) is 0 Å². The maximum absolute atomic E-state index is 12.8. The third kappa shape index (κ3) is 3.48. The van der Waals surface area contributed by atoms with E-state index < -0.39 is 0 Å². The molecule has 0 saturated carbocycles. The number of amides is 1. The van der Waals surface area contributed by atoms with Crippen molar-refractivity contribution in [1.82, 2.24) is 9.78 Å². The lowest BCUT2D eigenvalue weighted by atomic mass is 10.1. The molecule has 0 aliphatic rings. The second-order valence-electron chi connectivity index (χ2n) is 6.19. The molecule has 0 atom stereocenters. The van der Waals surface area contributed by atoms with E-state index in [1.807, 2.05) is 68.6 Å². The zero-order valence-corrected chi connectivity index (χ0v) is 17.0. The number of fused-ring (bicyclic) bond motifs is 1. The molecule has 142 valence electrons. The van der Waals surface area contributed by atoms with E-state index >= 15 is 0 Å². The van der Waals surface area contributed by atoms with Crippen LogP contribution >= 0.6 is 22.9 Å². The van der Waals surface area contributed by atoms with Crippen molar-refractivity contribution in [3.05, 3.63) is 64.5 Å². The number of hydrogen-bond acceptors (Lipinski definition) is 4. The number of benzene rings is 2. The van der Waals surface area contributed by atoms with Gasteiger partial charge in [-0.3, -0.25) is 9.48 Å². The Morgan fingerprint density at radius 3 is 2.71 bits per heavy atom. The lowest BCUT2D eigenvalue weighted by Crippen LogP contribution is -2.11. The van der Waals surface area contributed by atoms with Gasteiger partial charge < -0.3 is 10.1 Å². The molecule has 2 aromatic heterocycles. The first-order valence-corrected chi connectivity index (χ1v) is 10.0. The Hall–Kier alpha value is -2.83. The SMILES string of the molecule is CCOc1ccccc1NC(=O)c1cc2c(-c3ccc(Cl)cc3)nn(C)c2s1. The van der Waals surface area contributed by atoms with Crippen LogP contribution in [0, 0.1) is 0 Å². The van der Waals surface area contributed by atoms with Crippen molar-refractivity contribution >= 4 is 44.7 Å². The van der Waals surface area contributed by atoms with Gasteiger partial charge in [0.05, 0.1) is 17.2 Å². The minimum atomic E-state index is -0.171. The number of hydrogen-bond donors (Lipinski definition) is 1. The molecule has 4 rings (SSSR count). The molecule has 0 radical (unpaired) electrons. The number of thiophene rings is 1. The minimum Gasteiger partial charge on any atom is -0.492 e. The number of nitrogens with one attached hydrogen (secondary N) is 1. The maximum atomic E-state index is 12.8. The smallest absolute Gasteiger partial charge is 0.265 e. The fraction of sp³-hybridized carbons (Fsp3) is 0.143. The fourth-order valence-electron chi connectivity index (χ4n) is 3.01. The first kappa shape index (κ1) is 18.5. The lowest BCUT2D eigenvalue weighted by Gasteiger charge is -2.10. The minimum absolute atomic E-state index is 0.171. The summed E-state index contributed by atoms with van der Waals surface area (Å²) < 4.78 is 7.39. The van der Waals surface area contributed by atoms with Crippen molar-refractivity contribution < 1.29 is 9.53 Å². The van der Waals surface area contributed by atoms with Crippen molar-refractivity contribution in [2.45, 2.75) is 6.92 Å². The van der Waals surface area contributed by atoms with E-state index in [1.165, 1.54) is 11.3 Å². The van der Waals surface area contributed by atoms with Crippen molar-refractivity contribution in [1.29, 1.82) is 0 Å². The number of carbonyl (C=O) groups is 1. The third-order valence-corrected chi connectivity index (χ3v) is 5.74. The number of aromatic nitrogens is 2. The number of aryl methyl sites for hydroxylation is 1. The fourth-order valence-corrected chi connectivity index (χ4v) is 4.10. The monoisotopic (exact) mass is 411 g/mol.